The first-order valence-electron chi connectivity index (χ1n) is 43.3. The zero-order valence-electron chi connectivity index (χ0n) is 83.2. The number of hydrogen-bond donors (Lipinski definition) is 6. The second-order valence-corrected chi connectivity index (χ2v) is 54.7. The molecule has 6 N–H and O–H groups in total. The van der Waals surface area contributed by atoms with Gasteiger partial charge in [-0.2, -0.15) is 0 Å². The number of phenolic OH excluding ortho intramolecular Hbond substituents is 1. The van der Waals surface area contributed by atoms with Crippen LogP contribution < -0.4 is 44.4 Å². The highest BCUT2D eigenvalue weighted by atomic mass is 127. The van der Waals surface area contributed by atoms with E-state index in [2.05, 4.69) is 163 Å². The van der Waals surface area contributed by atoms with Crippen LogP contribution >= 0.6 is 83.7 Å². The topological polar surface area (TPSA) is 259 Å². The molecule has 0 bridgehead atoms. The first-order chi connectivity index (χ1) is 62.6. The van der Waals surface area contributed by atoms with Gasteiger partial charge < -0.3 is 87.2 Å². The maximum absolute atomic E-state index is 14.2. The Morgan fingerprint density at radius 1 is 0.431 bits per heavy atom. The zero-order chi connectivity index (χ0) is 104. The van der Waals surface area contributed by atoms with Crippen LogP contribution in [-0.2, 0) is 33.9 Å². The lowest BCUT2D eigenvalue weighted by molar-refractivity contribution is 0.0518. The molecule has 0 saturated heterocycles. The van der Waals surface area contributed by atoms with E-state index in [4.69, 9.17) is 77.7 Å². The number of terminal acetylenes is 1. The van der Waals surface area contributed by atoms with Crippen LogP contribution in [0.1, 0.15) is 176 Å². The van der Waals surface area contributed by atoms with Crippen LogP contribution in [0.25, 0.3) is 0 Å². The number of hydrogen-bond acceptors (Lipinski definition) is 18. The van der Waals surface area contributed by atoms with Crippen LogP contribution in [0.4, 0.5) is 45.1 Å². The van der Waals surface area contributed by atoms with Crippen molar-refractivity contribution in [2.24, 2.45) is 0 Å². The fourth-order valence-corrected chi connectivity index (χ4v) is 13.8. The molecule has 0 fully saturated rings. The number of aliphatic hydroxyl groups excluding tert-OH is 2. The smallest absolute Gasteiger partial charge is 0.408 e. The minimum Gasteiger partial charge on any atom is -0.507 e. The van der Waals surface area contributed by atoms with Crippen LogP contribution in [0.5, 0.6) is 40.2 Å². The predicted octanol–water partition coefficient (Wildman–Crippen LogP) is 26.8. The molecular weight excluding hydrogens is 2230 g/mol. The van der Waals surface area contributed by atoms with Crippen LogP contribution in [0, 0.1) is 87.5 Å². The van der Waals surface area contributed by atoms with Gasteiger partial charge in [0.15, 0.2) is 25.0 Å². The normalized spacial score (nSPS) is 10.9. The molecular formula is C102H150BrF7I3N3O18Si3. The Morgan fingerprint density at radius 3 is 1.10 bits per heavy atom. The molecule has 7 aromatic rings. The van der Waals surface area contributed by atoms with E-state index in [1.54, 1.807) is 152 Å². The molecule has 7 rings (SSSR count). The summed E-state index contributed by atoms with van der Waals surface area (Å²) in [6, 6.07) is 33.3. The van der Waals surface area contributed by atoms with Gasteiger partial charge >= 0.3 is 18.3 Å². The van der Waals surface area contributed by atoms with Gasteiger partial charge in [-0.25, -0.2) is 45.1 Å². The molecule has 0 aliphatic rings. The Hall–Kier alpha value is -7.74. The lowest BCUT2D eigenvalue weighted by Crippen LogP contribution is -2.41. The molecule has 35 heteroatoms. The van der Waals surface area contributed by atoms with Crippen molar-refractivity contribution in [2.75, 3.05) is 98.6 Å². The second-order valence-electron chi connectivity index (χ2n) is 36.2. The highest BCUT2D eigenvalue weighted by Crippen LogP contribution is 2.39. The molecule has 0 aliphatic heterocycles. The molecule has 3 amide bonds. The SMILES string of the molecule is C.C.C#CCC.CC(C)(C)OC(=O)NCC#Cc1c(F)cccc1OCCO.CC(C)(C)OC(=O)NCC#Cc1c(F)cccc1OCCO[Si](C)(C)C(C)(C)C.CC(C)(C)OC(=O)NCCCc1c(F)cccc1OCCO.CC(C)(C)[Si](C)(C)OCCBr.CC(C)(C)[Si](C)(C)OCCOc1cccc(F)c1I.COc1cccc(F)c1.COc1cccc(F)c1I.Oc1cccc(F)c1I. The fourth-order valence-electron chi connectivity index (χ4n) is 8.78. The summed E-state index contributed by atoms with van der Waals surface area (Å²) in [5, 5.41) is 35.6. The summed E-state index contributed by atoms with van der Waals surface area (Å²) in [7, 11) is -2.00. The summed E-state index contributed by atoms with van der Waals surface area (Å²) in [5.41, 5.74) is -1.03. The van der Waals surface area contributed by atoms with E-state index in [9.17, 15) is 45.1 Å². The van der Waals surface area contributed by atoms with Crippen LogP contribution in [0.3, 0.4) is 0 Å². The van der Waals surface area contributed by atoms with Crippen molar-refractivity contribution in [1.29, 1.82) is 0 Å². The van der Waals surface area contributed by atoms with Crippen molar-refractivity contribution < 1.29 is 116 Å². The standard InChI is InChI=1S/C22H34FNO4Si.C16H24FNO4.C16H20FNO4.C14H22FIO2Si.C8H19BrOSi.C7H6FIO.C7H7FO.C6H4FIO.C4H6.2CH4/c1-21(2,3)28-20(25)24-14-10-11-17-18(23)12-9-13-19(17)26-15-16-27-29(7,8)22(4,5)6;2*1-16(2,3)22-15(20)18-9-5-6-12-13(17)7-4-8-14(12)21-11-10-19;1-14(2,3)19(4,5)18-10-9-17-12-8-6-7-11(15)13(12)16;1-8(2,3)11(4,5)10-7-6-9;1-10-6-4-2-3-5(8)7(6)9;1-9-7-4-2-3-6(8)5-7;7-4-2-1-3-5(9)6(4)8;1-3-4-2;;/h9,12-13H,14-16H2,1-8H3,(H,24,25);4,7-8,19H,5-6,9-11H2,1-3H3,(H,18,20);4,7-8,19H,9-11H2,1-3H3,(H,18,20);6-8H,9-10H2,1-5H3;6-7H2,1-5H3;2-4H,1H3;2-5H,1H3;1-3,9H;1H,4H2,2H3;2*1H4. The lowest BCUT2D eigenvalue weighted by Gasteiger charge is -2.36. The average Bonchev–Trinajstić information content (AvgIpc) is 0.839. The third-order valence-electron chi connectivity index (χ3n) is 18.6. The van der Waals surface area contributed by atoms with Crippen molar-refractivity contribution >= 4 is 127 Å². The molecule has 7 aromatic carbocycles. The molecule has 0 saturated carbocycles. The number of halogens is 11. The summed E-state index contributed by atoms with van der Waals surface area (Å²) in [5.74, 6) is 13.4. The van der Waals surface area contributed by atoms with Gasteiger partial charge in [0.1, 0.15) is 135 Å². The van der Waals surface area contributed by atoms with Gasteiger partial charge in [-0.05, 0) is 282 Å². The number of ether oxygens (including phenoxy) is 9. The minimum atomic E-state index is -1.86. The maximum Gasteiger partial charge on any atom is 0.408 e. The largest absolute Gasteiger partial charge is 0.507 e. The average molecular weight is 2380 g/mol. The first-order valence-corrected chi connectivity index (χ1v) is 56.4. The molecule has 0 atom stereocenters. The molecule has 0 aliphatic carbocycles. The molecule has 0 radical (unpaired) electrons. The van der Waals surface area contributed by atoms with E-state index >= 15 is 0 Å². The molecule has 0 aromatic heterocycles. The molecule has 770 valence electrons. The molecule has 0 heterocycles. The number of aromatic hydroxyl groups is 1. The monoisotopic (exact) mass is 2380 g/mol. The third-order valence-corrected chi connectivity index (χ3v) is 35.7. The number of alkyl carbamates (subject to hydrolysis) is 3. The highest BCUT2D eigenvalue weighted by molar-refractivity contribution is 14.1. The minimum absolute atomic E-state index is 0. The second kappa shape index (κ2) is 69.2. The van der Waals surface area contributed by atoms with Gasteiger partial charge in [0.2, 0.25) is 0 Å². The van der Waals surface area contributed by atoms with E-state index in [0.717, 1.165) is 18.4 Å². The molecule has 21 nitrogen and oxygen atoms in total. The number of nitrogens with one attached hydrogen (secondary N) is 3. The van der Waals surface area contributed by atoms with Crippen LogP contribution in [0.15, 0.2) is 133 Å². The number of methoxy groups -OCH3 is 2. The molecule has 0 unspecified atom stereocenters. The Labute approximate surface area is 865 Å². The van der Waals surface area contributed by atoms with E-state index in [-0.39, 0.29) is 120 Å². The number of phenols is 1. The Balaban J connectivity index is -0.000000754. The highest BCUT2D eigenvalue weighted by Gasteiger charge is 2.39. The van der Waals surface area contributed by atoms with E-state index in [1.165, 1.54) is 80.9 Å². The Kier molecular flexibility index (Phi) is 68.5. The number of benzene rings is 7. The summed E-state index contributed by atoms with van der Waals surface area (Å²) in [4.78, 5) is 34.5. The van der Waals surface area contributed by atoms with Crippen molar-refractivity contribution in [3.63, 3.8) is 0 Å². The van der Waals surface area contributed by atoms with Gasteiger partial charge in [0, 0.05) is 36.5 Å². The number of amides is 3. The van der Waals surface area contributed by atoms with Gasteiger partial charge in [-0.1, -0.05) is 166 Å². The summed E-state index contributed by atoms with van der Waals surface area (Å²) >= 11 is 8.97. The zero-order valence-corrected chi connectivity index (χ0v) is 94.3. The van der Waals surface area contributed by atoms with Crippen molar-refractivity contribution in [3.8, 4) is 76.3 Å². The molecule has 137 heavy (non-hydrogen) atoms. The fraction of sp³-hybridized carbons (Fsp3) is 0.500. The summed E-state index contributed by atoms with van der Waals surface area (Å²) in [6.07, 6.45) is 4.95. The van der Waals surface area contributed by atoms with Gasteiger partial charge in [-0.3, -0.25) is 0 Å². The van der Waals surface area contributed by atoms with Gasteiger partial charge in [-0.15, -0.1) is 12.3 Å². The molecule has 0 spiro atoms. The number of carbonyl (C=O) groups excluding carboxylic acids is 3. The Morgan fingerprint density at radius 2 is 0.759 bits per heavy atom. The van der Waals surface area contributed by atoms with Crippen LogP contribution in [0.2, 0.25) is 54.4 Å². The summed E-state index contributed by atoms with van der Waals surface area (Å²) < 4.78 is 158. The van der Waals surface area contributed by atoms with Gasteiger partial charge in [0.25, 0.3) is 0 Å². The van der Waals surface area contributed by atoms with E-state index < -0.39 is 71.7 Å². The Bertz CT molecular complexity index is 4800. The first kappa shape index (κ1) is 136. The van der Waals surface area contributed by atoms with Crippen molar-refractivity contribution in [3.05, 3.63) is 202 Å². The van der Waals surface area contributed by atoms with Gasteiger partial charge in [0.05, 0.1) is 64.4 Å². The third kappa shape index (κ3) is 60.9. The number of aliphatic hydroxyl groups is 2. The quantitative estimate of drug-likeness (QED) is 0.00532. The van der Waals surface area contributed by atoms with E-state index in [1.807, 2.05) is 52.1 Å². The number of rotatable bonds is 27. The van der Waals surface area contributed by atoms with E-state index in [0.29, 0.717) is 92.3 Å². The lowest BCUT2D eigenvalue weighted by atomic mass is 10.1. The maximum atomic E-state index is 14.2. The van der Waals surface area contributed by atoms with Crippen LogP contribution in [-0.4, -0.2) is 174 Å². The predicted molar refractivity (Wildman–Crippen MR) is 574 cm³/mol. The number of alkyl halides is 1. The summed E-state index contributed by atoms with van der Waals surface area (Å²) in [6.45, 7) is 54.0. The number of carbonyl (C=O) groups is 3. The van der Waals surface area contributed by atoms with Crippen molar-refractivity contribution in [2.45, 2.75) is 237 Å². The van der Waals surface area contributed by atoms with Crippen molar-refractivity contribution in [1.82, 2.24) is 16.0 Å².